The van der Waals surface area contributed by atoms with Crippen LogP contribution in [-0.2, 0) is 6.54 Å². The summed E-state index contributed by atoms with van der Waals surface area (Å²) in [6, 6.07) is 25.5. The average molecular weight is 448 g/mol. The monoisotopic (exact) mass is 447 g/mol. The number of piperazine rings is 1. The van der Waals surface area contributed by atoms with Gasteiger partial charge in [-0.3, -0.25) is 4.90 Å². The lowest BCUT2D eigenvalue weighted by atomic mass is 10.1. The van der Waals surface area contributed by atoms with Crippen LogP contribution in [0.2, 0.25) is 0 Å². The highest BCUT2D eigenvalue weighted by Gasteiger charge is 2.20. The molecular formula is C28H34FN3O. The fourth-order valence-electron chi connectivity index (χ4n) is 4.28. The molecule has 1 aliphatic rings. The molecule has 1 atom stereocenters. The maximum absolute atomic E-state index is 13.5. The molecule has 3 aromatic rings. The van der Waals surface area contributed by atoms with Crippen molar-refractivity contribution in [3.63, 3.8) is 0 Å². The summed E-state index contributed by atoms with van der Waals surface area (Å²) in [5.74, 6) is 0.616. The van der Waals surface area contributed by atoms with Crippen molar-refractivity contribution in [3.05, 3.63) is 95.8 Å². The first kappa shape index (κ1) is 23.3. The molecule has 0 aliphatic carbocycles. The predicted octanol–water partition coefficient (Wildman–Crippen LogP) is 5.22. The van der Waals surface area contributed by atoms with Crippen molar-refractivity contribution < 1.29 is 9.13 Å². The Bertz CT molecular complexity index is 986. The highest BCUT2D eigenvalue weighted by Crippen LogP contribution is 2.28. The summed E-state index contributed by atoms with van der Waals surface area (Å²) in [5, 5.41) is 0. The topological polar surface area (TPSA) is 19.0 Å². The Hall–Kier alpha value is -2.89. The fourth-order valence-corrected chi connectivity index (χ4v) is 4.28. The maximum atomic E-state index is 13.5. The molecule has 0 aromatic heterocycles. The summed E-state index contributed by atoms with van der Waals surface area (Å²) in [5.41, 5.74) is 3.48. The Kier molecular flexibility index (Phi) is 7.97. The van der Waals surface area contributed by atoms with E-state index in [-0.39, 0.29) is 11.9 Å². The van der Waals surface area contributed by atoms with Gasteiger partial charge in [0.1, 0.15) is 17.7 Å². The standard InChI is InChI=1S/C28H34FN3O/c1-30(2)26-9-6-10-27(21-26)33-28(24-11-13-25(29)14-12-24)15-16-31-17-19-32(20-18-31)22-23-7-4-3-5-8-23/h3-14,21,28H,15-20,22H2,1-2H3. The predicted molar refractivity (Wildman–Crippen MR) is 133 cm³/mol. The Morgan fingerprint density at radius 2 is 1.55 bits per heavy atom. The van der Waals surface area contributed by atoms with Gasteiger partial charge in [0.25, 0.3) is 0 Å². The number of ether oxygens (including phenoxy) is 1. The van der Waals surface area contributed by atoms with E-state index in [2.05, 4.69) is 57.2 Å². The zero-order chi connectivity index (χ0) is 23.0. The van der Waals surface area contributed by atoms with E-state index in [1.165, 1.54) is 17.7 Å². The van der Waals surface area contributed by atoms with Crippen LogP contribution >= 0.6 is 0 Å². The lowest BCUT2D eigenvalue weighted by molar-refractivity contribution is 0.107. The van der Waals surface area contributed by atoms with Gasteiger partial charge < -0.3 is 14.5 Å². The Labute approximate surface area is 197 Å². The van der Waals surface area contributed by atoms with Crippen LogP contribution < -0.4 is 9.64 Å². The van der Waals surface area contributed by atoms with E-state index in [0.717, 1.165) is 62.7 Å². The van der Waals surface area contributed by atoms with Crippen LogP contribution in [0.15, 0.2) is 78.9 Å². The number of nitrogens with zero attached hydrogens (tertiary/aromatic N) is 3. The van der Waals surface area contributed by atoms with Crippen LogP contribution in [0.5, 0.6) is 5.75 Å². The quantitative estimate of drug-likeness (QED) is 0.448. The second-order valence-corrected chi connectivity index (χ2v) is 8.94. The summed E-state index contributed by atoms with van der Waals surface area (Å²) in [7, 11) is 4.04. The van der Waals surface area contributed by atoms with Crippen molar-refractivity contribution in [2.75, 3.05) is 51.7 Å². The van der Waals surface area contributed by atoms with Gasteiger partial charge in [-0.15, -0.1) is 0 Å². The summed E-state index contributed by atoms with van der Waals surface area (Å²) >= 11 is 0. The molecule has 1 aliphatic heterocycles. The molecule has 1 unspecified atom stereocenters. The molecule has 0 bridgehead atoms. The molecule has 4 rings (SSSR count). The maximum Gasteiger partial charge on any atom is 0.125 e. The van der Waals surface area contributed by atoms with Gasteiger partial charge in [-0.1, -0.05) is 48.5 Å². The third-order valence-electron chi connectivity index (χ3n) is 6.28. The number of rotatable bonds is 9. The van der Waals surface area contributed by atoms with Gasteiger partial charge in [0, 0.05) is 71.5 Å². The summed E-state index contributed by atoms with van der Waals surface area (Å²) in [4.78, 5) is 7.10. The number of benzene rings is 3. The molecule has 33 heavy (non-hydrogen) atoms. The number of hydrogen-bond donors (Lipinski definition) is 0. The molecule has 1 fully saturated rings. The van der Waals surface area contributed by atoms with Gasteiger partial charge in [0.15, 0.2) is 0 Å². The van der Waals surface area contributed by atoms with Crippen LogP contribution in [0.25, 0.3) is 0 Å². The SMILES string of the molecule is CN(C)c1cccc(OC(CCN2CCN(Cc3ccccc3)CC2)c2ccc(F)cc2)c1. The second kappa shape index (κ2) is 11.3. The Morgan fingerprint density at radius 1 is 0.848 bits per heavy atom. The van der Waals surface area contributed by atoms with Gasteiger partial charge in [-0.05, 0) is 35.4 Å². The number of hydrogen-bond acceptors (Lipinski definition) is 4. The van der Waals surface area contributed by atoms with E-state index in [0.29, 0.717) is 0 Å². The molecule has 1 saturated heterocycles. The van der Waals surface area contributed by atoms with Crippen LogP contribution in [-0.4, -0.2) is 56.6 Å². The van der Waals surface area contributed by atoms with Crippen molar-refractivity contribution in [3.8, 4) is 5.75 Å². The van der Waals surface area contributed by atoms with Crippen LogP contribution in [0.4, 0.5) is 10.1 Å². The third kappa shape index (κ3) is 6.80. The molecule has 1 heterocycles. The molecular weight excluding hydrogens is 413 g/mol. The lowest BCUT2D eigenvalue weighted by Crippen LogP contribution is -2.46. The normalized spacial score (nSPS) is 15.8. The van der Waals surface area contributed by atoms with Gasteiger partial charge in [0.05, 0.1) is 0 Å². The largest absolute Gasteiger partial charge is 0.486 e. The van der Waals surface area contributed by atoms with Crippen molar-refractivity contribution in [2.24, 2.45) is 0 Å². The molecule has 4 nitrogen and oxygen atoms in total. The van der Waals surface area contributed by atoms with E-state index in [1.807, 2.05) is 38.4 Å². The second-order valence-electron chi connectivity index (χ2n) is 8.94. The lowest BCUT2D eigenvalue weighted by Gasteiger charge is -2.35. The molecule has 174 valence electrons. The minimum atomic E-state index is -0.221. The van der Waals surface area contributed by atoms with Crippen molar-refractivity contribution in [2.45, 2.75) is 19.1 Å². The molecule has 0 saturated carbocycles. The van der Waals surface area contributed by atoms with Crippen molar-refractivity contribution >= 4 is 5.69 Å². The molecule has 0 N–H and O–H groups in total. The van der Waals surface area contributed by atoms with Crippen molar-refractivity contribution in [1.82, 2.24) is 9.80 Å². The molecule has 3 aromatic carbocycles. The Balaban J connectivity index is 1.36. The minimum Gasteiger partial charge on any atom is -0.486 e. The first-order valence-corrected chi connectivity index (χ1v) is 11.7. The van der Waals surface area contributed by atoms with Crippen LogP contribution in [0, 0.1) is 5.82 Å². The zero-order valence-corrected chi connectivity index (χ0v) is 19.7. The smallest absolute Gasteiger partial charge is 0.125 e. The first-order chi connectivity index (χ1) is 16.1. The minimum absolute atomic E-state index is 0.120. The average Bonchev–Trinajstić information content (AvgIpc) is 2.84. The fraction of sp³-hybridized carbons (Fsp3) is 0.357. The van der Waals surface area contributed by atoms with Gasteiger partial charge in [-0.25, -0.2) is 4.39 Å². The summed E-state index contributed by atoms with van der Waals surface area (Å²) in [6.07, 6.45) is 0.738. The van der Waals surface area contributed by atoms with E-state index < -0.39 is 0 Å². The third-order valence-corrected chi connectivity index (χ3v) is 6.28. The van der Waals surface area contributed by atoms with Crippen molar-refractivity contribution in [1.29, 1.82) is 0 Å². The molecule has 0 spiro atoms. The van der Waals surface area contributed by atoms with Crippen LogP contribution in [0.1, 0.15) is 23.7 Å². The number of halogens is 1. The first-order valence-electron chi connectivity index (χ1n) is 11.7. The summed E-state index contributed by atoms with van der Waals surface area (Å²) in [6.45, 7) is 6.22. The molecule has 5 heteroatoms. The summed E-state index contributed by atoms with van der Waals surface area (Å²) < 4.78 is 20.0. The molecule has 0 amide bonds. The highest BCUT2D eigenvalue weighted by molar-refractivity contribution is 5.49. The molecule has 0 radical (unpaired) electrons. The van der Waals surface area contributed by atoms with Crippen LogP contribution in [0.3, 0.4) is 0 Å². The zero-order valence-electron chi connectivity index (χ0n) is 19.7. The number of anilines is 1. The Morgan fingerprint density at radius 3 is 2.24 bits per heavy atom. The van der Waals surface area contributed by atoms with E-state index in [9.17, 15) is 4.39 Å². The van der Waals surface area contributed by atoms with E-state index >= 15 is 0 Å². The highest BCUT2D eigenvalue weighted by atomic mass is 19.1. The van der Waals surface area contributed by atoms with E-state index in [4.69, 9.17) is 4.74 Å². The van der Waals surface area contributed by atoms with Gasteiger partial charge in [-0.2, -0.15) is 0 Å². The van der Waals surface area contributed by atoms with E-state index in [1.54, 1.807) is 0 Å². The van der Waals surface area contributed by atoms with Gasteiger partial charge >= 0.3 is 0 Å². The van der Waals surface area contributed by atoms with Gasteiger partial charge in [0.2, 0.25) is 0 Å².